The van der Waals surface area contributed by atoms with Gasteiger partial charge in [0.05, 0.1) is 5.52 Å². The summed E-state index contributed by atoms with van der Waals surface area (Å²) in [6, 6.07) is 10.8. The van der Waals surface area contributed by atoms with Crippen LogP contribution in [0.25, 0.3) is 22.3 Å². The van der Waals surface area contributed by atoms with Crippen molar-refractivity contribution in [2.75, 3.05) is 0 Å². The lowest BCUT2D eigenvalue weighted by atomic mass is 10.0. The van der Waals surface area contributed by atoms with Crippen LogP contribution >= 0.6 is 23.4 Å². The minimum Gasteiger partial charge on any atom is -0.299 e. The number of fused-ring (bicyclic) bond motifs is 1. The molecular formula is C22H20ClN5S. The summed E-state index contributed by atoms with van der Waals surface area (Å²) in [4.78, 5) is 8.78. The lowest BCUT2D eigenvalue weighted by molar-refractivity contribution is 0.669. The molecule has 0 aliphatic heterocycles. The molecule has 0 unspecified atom stereocenters. The van der Waals surface area contributed by atoms with Gasteiger partial charge in [0.2, 0.25) is 0 Å². The van der Waals surface area contributed by atoms with Crippen molar-refractivity contribution in [2.45, 2.75) is 43.6 Å². The quantitative estimate of drug-likeness (QED) is 0.301. The summed E-state index contributed by atoms with van der Waals surface area (Å²) in [5.74, 6) is 1.61. The minimum atomic E-state index is 0.478. The van der Waals surface area contributed by atoms with E-state index >= 15 is 0 Å². The van der Waals surface area contributed by atoms with E-state index in [0.717, 1.165) is 33.0 Å². The normalized spacial score (nSPS) is 13.9. The summed E-state index contributed by atoms with van der Waals surface area (Å²) in [5.41, 5.74) is 5.44. The number of aromatic nitrogens is 5. The molecule has 0 radical (unpaired) electrons. The molecule has 5 rings (SSSR count). The first-order valence-corrected chi connectivity index (χ1v) is 11.0. The van der Waals surface area contributed by atoms with E-state index in [1.165, 1.54) is 24.0 Å². The number of nitrogens with zero attached hydrogens (tertiary/aromatic N) is 5. The molecule has 29 heavy (non-hydrogen) atoms. The Morgan fingerprint density at radius 2 is 1.90 bits per heavy atom. The van der Waals surface area contributed by atoms with Crippen LogP contribution in [0.5, 0.6) is 0 Å². The van der Waals surface area contributed by atoms with Crippen LogP contribution in [0.2, 0.25) is 5.15 Å². The lowest BCUT2D eigenvalue weighted by Gasteiger charge is -2.11. The number of aryl methyl sites for hydroxylation is 2. The Bertz CT molecular complexity index is 1200. The maximum absolute atomic E-state index is 6.54. The van der Waals surface area contributed by atoms with Crippen molar-refractivity contribution in [3.8, 4) is 11.4 Å². The molecule has 0 saturated heterocycles. The molecule has 1 aromatic carbocycles. The third kappa shape index (κ3) is 3.51. The van der Waals surface area contributed by atoms with Crippen molar-refractivity contribution >= 4 is 34.3 Å². The number of hydrogen-bond donors (Lipinski definition) is 0. The van der Waals surface area contributed by atoms with Gasteiger partial charge in [0, 0.05) is 40.7 Å². The molecule has 0 bridgehead atoms. The molecule has 1 aliphatic carbocycles. The fourth-order valence-corrected chi connectivity index (χ4v) is 4.75. The number of rotatable bonds is 5. The predicted octanol–water partition coefficient (Wildman–Crippen LogP) is 5.79. The highest BCUT2D eigenvalue weighted by Gasteiger charge is 2.30. The molecule has 4 aromatic rings. The second-order valence-electron chi connectivity index (χ2n) is 7.45. The van der Waals surface area contributed by atoms with Gasteiger partial charge in [-0.25, -0.2) is 4.98 Å². The standard InChI is InChI=1S/C22H20ClN5S/c1-13-3-4-16-11-17(20(23)25-19(16)14(13)2)12-29-22-27-26-21(28(22)18-5-6-18)15-7-9-24-10-8-15/h3-4,7-11,18H,5-6,12H2,1-2H3. The molecular weight excluding hydrogens is 402 g/mol. The van der Waals surface area contributed by atoms with E-state index in [-0.39, 0.29) is 0 Å². The highest BCUT2D eigenvalue weighted by Crippen LogP contribution is 2.41. The number of halogens is 1. The van der Waals surface area contributed by atoms with Crippen molar-refractivity contribution in [1.29, 1.82) is 0 Å². The van der Waals surface area contributed by atoms with E-state index < -0.39 is 0 Å². The van der Waals surface area contributed by atoms with Gasteiger partial charge in [-0.05, 0) is 56.0 Å². The largest absolute Gasteiger partial charge is 0.299 e. The Morgan fingerprint density at radius 1 is 1.10 bits per heavy atom. The zero-order valence-corrected chi connectivity index (χ0v) is 17.8. The van der Waals surface area contributed by atoms with E-state index in [1.54, 1.807) is 24.2 Å². The van der Waals surface area contributed by atoms with Crippen LogP contribution in [0.1, 0.15) is 35.6 Å². The SMILES string of the molecule is Cc1ccc2cc(CSc3nnc(-c4ccncc4)n3C3CC3)c(Cl)nc2c1C. The van der Waals surface area contributed by atoms with Crippen LogP contribution in [0.15, 0.2) is 47.9 Å². The minimum absolute atomic E-state index is 0.478. The van der Waals surface area contributed by atoms with Gasteiger partial charge in [-0.2, -0.15) is 0 Å². The average molecular weight is 422 g/mol. The number of benzene rings is 1. The lowest BCUT2D eigenvalue weighted by Crippen LogP contribution is -2.00. The molecule has 3 aromatic heterocycles. The molecule has 5 nitrogen and oxygen atoms in total. The first-order chi connectivity index (χ1) is 14.1. The first-order valence-electron chi connectivity index (χ1n) is 9.65. The highest BCUT2D eigenvalue weighted by molar-refractivity contribution is 7.98. The smallest absolute Gasteiger partial charge is 0.192 e. The summed E-state index contributed by atoms with van der Waals surface area (Å²) in [6.45, 7) is 4.19. The molecule has 0 N–H and O–H groups in total. The van der Waals surface area contributed by atoms with Gasteiger partial charge in [-0.3, -0.25) is 9.55 Å². The Morgan fingerprint density at radius 3 is 2.66 bits per heavy atom. The van der Waals surface area contributed by atoms with Gasteiger partial charge >= 0.3 is 0 Å². The van der Waals surface area contributed by atoms with Crippen molar-refractivity contribution in [3.05, 3.63) is 64.6 Å². The maximum atomic E-state index is 6.54. The number of pyridine rings is 2. The molecule has 146 valence electrons. The fraction of sp³-hybridized carbons (Fsp3) is 0.273. The van der Waals surface area contributed by atoms with Crippen LogP contribution in [0.4, 0.5) is 0 Å². The average Bonchev–Trinajstić information content (AvgIpc) is 3.49. The molecule has 1 fully saturated rings. The zero-order chi connectivity index (χ0) is 20.0. The molecule has 0 amide bonds. The second kappa shape index (κ2) is 7.43. The molecule has 0 atom stereocenters. The van der Waals surface area contributed by atoms with Crippen LogP contribution < -0.4 is 0 Å². The number of hydrogen-bond acceptors (Lipinski definition) is 5. The Kier molecular flexibility index (Phi) is 4.76. The third-order valence-electron chi connectivity index (χ3n) is 5.41. The van der Waals surface area contributed by atoms with Gasteiger partial charge < -0.3 is 0 Å². The Labute approximate surface area is 178 Å². The Balaban J connectivity index is 1.46. The van der Waals surface area contributed by atoms with Crippen LogP contribution in [-0.2, 0) is 5.75 Å². The summed E-state index contributed by atoms with van der Waals surface area (Å²) in [5, 5.41) is 11.6. The molecule has 1 aliphatic rings. The van der Waals surface area contributed by atoms with E-state index in [1.807, 2.05) is 12.1 Å². The van der Waals surface area contributed by atoms with Crippen molar-refractivity contribution in [2.24, 2.45) is 0 Å². The van der Waals surface area contributed by atoms with Crippen LogP contribution in [-0.4, -0.2) is 24.7 Å². The molecule has 3 heterocycles. The first kappa shape index (κ1) is 18.6. The summed E-state index contributed by atoms with van der Waals surface area (Å²) in [6.07, 6.45) is 5.91. The third-order valence-corrected chi connectivity index (χ3v) is 6.73. The van der Waals surface area contributed by atoms with Gasteiger partial charge in [-0.15, -0.1) is 10.2 Å². The molecule has 1 saturated carbocycles. The topological polar surface area (TPSA) is 56.5 Å². The fourth-order valence-electron chi connectivity index (χ4n) is 3.48. The van der Waals surface area contributed by atoms with E-state index in [2.05, 4.69) is 56.8 Å². The van der Waals surface area contributed by atoms with Gasteiger partial charge in [0.15, 0.2) is 11.0 Å². The highest BCUT2D eigenvalue weighted by atomic mass is 35.5. The summed E-state index contributed by atoms with van der Waals surface area (Å²) < 4.78 is 2.26. The molecule has 0 spiro atoms. The van der Waals surface area contributed by atoms with Crippen LogP contribution in [0.3, 0.4) is 0 Å². The molecule has 7 heteroatoms. The predicted molar refractivity (Wildman–Crippen MR) is 117 cm³/mol. The summed E-state index contributed by atoms with van der Waals surface area (Å²) in [7, 11) is 0. The van der Waals surface area contributed by atoms with Crippen molar-refractivity contribution < 1.29 is 0 Å². The van der Waals surface area contributed by atoms with Gasteiger partial charge in [0.25, 0.3) is 0 Å². The number of thioether (sulfide) groups is 1. The van der Waals surface area contributed by atoms with Crippen LogP contribution in [0, 0.1) is 13.8 Å². The second-order valence-corrected chi connectivity index (χ2v) is 8.75. The van der Waals surface area contributed by atoms with Crippen molar-refractivity contribution in [1.82, 2.24) is 24.7 Å². The van der Waals surface area contributed by atoms with E-state index in [9.17, 15) is 0 Å². The van der Waals surface area contributed by atoms with Gasteiger partial charge in [0.1, 0.15) is 5.15 Å². The maximum Gasteiger partial charge on any atom is 0.192 e. The monoisotopic (exact) mass is 421 g/mol. The van der Waals surface area contributed by atoms with E-state index in [0.29, 0.717) is 16.9 Å². The Hall–Kier alpha value is -2.44. The van der Waals surface area contributed by atoms with Crippen molar-refractivity contribution in [3.63, 3.8) is 0 Å². The summed E-state index contributed by atoms with van der Waals surface area (Å²) >= 11 is 8.20. The zero-order valence-electron chi connectivity index (χ0n) is 16.3. The van der Waals surface area contributed by atoms with Gasteiger partial charge in [-0.1, -0.05) is 35.5 Å². The van der Waals surface area contributed by atoms with E-state index in [4.69, 9.17) is 11.6 Å².